The number of nitrogens with zero attached hydrogens (tertiary/aromatic N) is 2. The molecule has 0 unspecified atom stereocenters. The molecule has 2 aromatic rings. The first-order valence-electron chi connectivity index (χ1n) is 6.16. The van der Waals surface area contributed by atoms with E-state index in [2.05, 4.69) is 43.3 Å². The van der Waals surface area contributed by atoms with Crippen molar-refractivity contribution in [1.82, 2.24) is 10.3 Å². The van der Waals surface area contributed by atoms with E-state index in [4.69, 9.17) is 10.4 Å². The lowest BCUT2D eigenvalue weighted by Crippen LogP contribution is -2.28. The van der Waals surface area contributed by atoms with Crippen LogP contribution in [0.4, 0.5) is 11.4 Å². The highest BCUT2D eigenvalue weighted by Gasteiger charge is 2.22. The summed E-state index contributed by atoms with van der Waals surface area (Å²) in [5, 5.41) is 11.1. The smallest absolute Gasteiger partial charge is 0.160 e. The van der Waals surface area contributed by atoms with E-state index in [-0.39, 0.29) is 5.41 Å². The molecule has 0 atom stereocenters. The van der Waals surface area contributed by atoms with Crippen LogP contribution in [0, 0.1) is 11.3 Å². The molecule has 1 aromatic heterocycles. The van der Waals surface area contributed by atoms with Gasteiger partial charge in [0.15, 0.2) is 11.0 Å². The first-order valence-corrected chi connectivity index (χ1v) is 6.16. The van der Waals surface area contributed by atoms with Crippen LogP contribution in [-0.4, -0.2) is 16.9 Å². The Kier molecular flexibility index (Phi) is 3.15. The van der Waals surface area contributed by atoms with Gasteiger partial charge in [0.05, 0.1) is 11.4 Å². The molecule has 0 fully saturated rings. The van der Waals surface area contributed by atoms with Gasteiger partial charge in [0.25, 0.3) is 0 Å². The zero-order valence-corrected chi connectivity index (χ0v) is 11.3. The topological polar surface area (TPSA) is 77.0 Å². The maximum Gasteiger partial charge on any atom is 0.160 e. The lowest BCUT2D eigenvalue weighted by atomic mass is 9.81. The number of benzene rings is 1. The molecule has 0 aliphatic heterocycles. The molecule has 0 aliphatic carbocycles. The number of hydrogen-bond donors (Lipinski definition) is 2. The average Bonchev–Trinajstić information content (AvgIpc) is 2.78. The third-order valence-corrected chi connectivity index (χ3v) is 3.74. The SMILES string of the molecule is CC(C)C(C)(C)CNc1ccc(N)c2nonc12. The predicted octanol–water partition coefficient (Wildman–Crippen LogP) is 2.90. The maximum atomic E-state index is 5.81. The Morgan fingerprint density at radius 2 is 1.94 bits per heavy atom. The Morgan fingerprint density at radius 1 is 1.28 bits per heavy atom. The van der Waals surface area contributed by atoms with Crippen molar-refractivity contribution < 1.29 is 4.63 Å². The van der Waals surface area contributed by atoms with Crippen LogP contribution in [0.1, 0.15) is 27.7 Å². The van der Waals surface area contributed by atoms with Crippen LogP contribution in [0.5, 0.6) is 0 Å². The molecule has 0 aliphatic rings. The molecule has 1 heterocycles. The summed E-state index contributed by atoms with van der Waals surface area (Å²) in [5.74, 6) is 0.588. The molecule has 98 valence electrons. The number of anilines is 2. The maximum absolute atomic E-state index is 5.81. The van der Waals surface area contributed by atoms with Gasteiger partial charge < -0.3 is 11.1 Å². The molecular formula is C13H20N4O. The fourth-order valence-corrected chi connectivity index (χ4v) is 1.56. The second kappa shape index (κ2) is 4.48. The molecule has 18 heavy (non-hydrogen) atoms. The third-order valence-electron chi connectivity index (χ3n) is 3.74. The zero-order chi connectivity index (χ0) is 13.3. The van der Waals surface area contributed by atoms with Gasteiger partial charge in [-0.25, -0.2) is 4.63 Å². The first-order chi connectivity index (χ1) is 8.42. The minimum absolute atomic E-state index is 0.199. The van der Waals surface area contributed by atoms with Crippen molar-refractivity contribution >= 4 is 22.4 Å². The molecule has 5 nitrogen and oxygen atoms in total. The molecule has 0 saturated heterocycles. The van der Waals surface area contributed by atoms with E-state index in [0.29, 0.717) is 22.6 Å². The van der Waals surface area contributed by atoms with Crippen molar-refractivity contribution in [2.75, 3.05) is 17.6 Å². The molecule has 2 rings (SSSR count). The van der Waals surface area contributed by atoms with Gasteiger partial charge in [-0.2, -0.15) is 0 Å². The molecule has 0 saturated carbocycles. The number of rotatable bonds is 4. The van der Waals surface area contributed by atoms with E-state index in [1.165, 1.54) is 0 Å². The highest BCUT2D eigenvalue weighted by atomic mass is 16.6. The van der Waals surface area contributed by atoms with Gasteiger partial charge in [0.1, 0.15) is 0 Å². The Morgan fingerprint density at radius 3 is 2.61 bits per heavy atom. The van der Waals surface area contributed by atoms with Gasteiger partial charge in [-0.3, -0.25) is 0 Å². The average molecular weight is 248 g/mol. The minimum Gasteiger partial charge on any atom is -0.397 e. The largest absolute Gasteiger partial charge is 0.397 e. The summed E-state index contributed by atoms with van der Waals surface area (Å²) in [6, 6.07) is 3.73. The number of nitrogen functional groups attached to an aromatic ring is 1. The summed E-state index contributed by atoms with van der Waals surface area (Å²) in [6.45, 7) is 9.77. The van der Waals surface area contributed by atoms with Gasteiger partial charge in [-0.15, -0.1) is 0 Å². The quantitative estimate of drug-likeness (QED) is 0.813. The van der Waals surface area contributed by atoms with E-state index in [0.717, 1.165) is 12.2 Å². The summed E-state index contributed by atoms with van der Waals surface area (Å²) in [5.41, 5.74) is 8.81. The Hall–Kier alpha value is -1.78. The predicted molar refractivity (Wildman–Crippen MR) is 73.3 cm³/mol. The summed E-state index contributed by atoms with van der Waals surface area (Å²) in [7, 11) is 0. The number of fused-ring (bicyclic) bond motifs is 1. The highest BCUT2D eigenvalue weighted by Crippen LogP contribution is 2.29. The van der Waals surface area contributed by atoms with E-state index < -0.39 is 0 Å². The van der Waals surface area contributed by atoms with Crippen LogP contribution >= 0.6 is 0 Å². The van der Waals surface area contributed by atoms with E-state index in [1.54, 1.807) is 0 Å². The van der Waals surface area contributed by atoms with Crippen LogP contribution in [0.3, 0.4) is 0 Å². The number of nitrogens with one attached hydrogen (secondary N) is 1. The molecule has 1 aromatic carbocycles. The van der Waals surface area contributed by atoms with Crippen LogP contribution in [0.15, 0.2) is 16.8 Å². The highest BCUT2D eigenvalue weighted by molar-refractivity contribution is 5.94. The number of hydrogen-bond acceptors (Lipinski definition) is 5. The van der Waals surface area contributed by atoms with Crippen molar-refractivity contribution in [3.63, 3.8) is 0 Å². The molecular weight excluding hydrogens is 228 g/mol. The zero-order valence-electron chi connectivity index (χ0n) is 11.3. The van der Waals surface area contributed by atoms with Crippen LogP contribution in [0.25, 0.3) is 11.0 Å². The molecule has 3 N–H and O–H groups in total. The standard InChI is InChI=1S/C13H20N4O/c1-8(2)13(3,4)7-15-10-6-5-9(14)11-12(10)17-18-16-11/h5-6,8,15H,7,14H2,1-4H3. The van der Waals surface area contributed by atoms with Crippen LogP contribution in [0.2, 0.25) is 0 Å². The summed E-state index contributed by atoms with van der Waals surface area (Å²) in [4.78, 5) is 0. The second-order valence-corrected chi connectivity index (χ2v) is 5.66. The molecule has 0 amide bonds. The Labute approximate surface area is 107 Å². The summed E-state index contributed by atoms with van der Waals surface area (Å²) in [6.07, 6.45) is 0. The minimum atomic E-state index is 0.199. The fraction of sp³-hybridized carbons (Fsp3) is 0.538. The summed E-state index contributed by atoms with van der Waals surface area (Å²) >= 11 is 0. The molecule has 5 heteroatoms. The molecule has 0 bridgehead atoms. The molecule has 0 spiro atoms. The monoisotopic (exact) mass is 248 g/mol. The van der Waals surface area contributed by atoms with E-state index >= 15 is 0 Å². The van der Waals surface area contributed by atoms with E-state index in [1.807, 2.05) is 12.1 Å². The van der Waals surface area contributed by atoms with Crippen molar-refractivity contribution in [2.45, 2.75) is 27.7 Å². The van der Waals surface area contributed by atoms with Crippen LogP contribution < -0.4 is 11.1 Å². The lowest BCUT2D eigenvalue weighted by molar-refractivity contribution is 0.269. The van der Waals surface area contributed by atoms with Gasteiger partial charge >= 0.3 is 0 Å². The van der Waals surface area contributed by atoms with Crippen molar-refractivity contribution in [1.29, 1.82) is 0 Å². The van der Waals surface area contributed by atoms with Gasteiger partial charge in [-0.05, 0) is 33.8 Å². The van der Waals surface area contributed by atoms with Gasteiger partial charge in [0.2, 0.25) is 0 Å². The second-order valence-electron chi connectivity index (χ2n) is 5.66. The van der Waals surface area contributed by atoms with Crippen LogP contribution in [-0.2, 0) is 0 Å². The fourth-order valence-electron chi connectivity index (χ4n) is 1.56. The first kappa shape index (κ1) is 12.7. The van der Waals surface area contributed by atoms with E-state index in [9.17, 15) is 0 Å². The number of aromatic nitrogens is 2. The Bertz CT molecular complexity index is 545. The summed E-state index contributed by atoms with van der Waals surface area (Å²) < 4.78 is 4.75. The van der Waals surface area contributed by atoms with Crippen molar-refractivity contribution in [3.8, 4) is 0 Å². The van der Waals surface area contributed by atoms with Crippen molar-refractivity contribution in [3.05, 3.63) is 12.1 Å². The van der Waals surface area contributed by atoms with Crippen molar-refractivity contribution in [2.24, 2.45) is 11.3 Å². The van der Waals surface area contributed by atoms with Gasteiger partial charge in [0, 0.05) is 6.54 Å². The third kappa shape index (κ3) is 2.25. The van der Waals surface area contributed by atoms with Gasteiger partial charge in [-0.1, -0.05) is 27.7 Å². The normalized spacial score (nSPS) is 12.3. The number of nitrogens with two attached hydrogens (primary N) is 1. The lowest BCUT2D eigenvalue weighted by Gasteiger charge is -2.29. The molecule has 0 radical (unpaired) electrons. The Balaban J connectivity index is 2.23.